The van der Waals surface area contributed by atoms with E-state index >= 15 is 0 Å². The average molecular weight is 399 g/mol. The summed E-state index contributed by atoms with van der Waals surface area (Å²) in [4.78, 5) is 22.2. The predicted octanol–water partition coefficient (Wildman–Crippen LogP) is 3.52. The number of carbonyl (C=O) groups is 1. The molecular formula is C21H26N4O2S. The van der Waals surface area contributed by atoms with Crippen molar-refractivity contribution in [1.82, 2.24) is 14.5 Å². The molecule has 1 aromatic carbocycles. The lowest BCUT2D eigenvalue weighted by Gasteiger charge is -2.27. The van der Waals surface area contributed by atoms with E-state index < -0.39 is 0 Å². The molecule has 1 aliphatic rings. The predicted molar refractivity (Wildman–Crippen MR) is 113 cm³/mol. The molecule has 1 amide bonds. The first kappa shape index (κ1) is 19.0. The third-order valence-electron chi connectivity index (χ3n) is 5.13. The van der Waals surface area contributed by atoms with Gasteiger partial charge >= 0.3 is 0 Å². The SMILES string of the molecule is CCCN(Cc1ccsc1)C(=O)c1ccc2c(c1)nc(N1CCOCC1)n2C. The molecule has 0 N–H and O–H groups in total. The number of fused-ring (bicyclic) bond motifs is 1. The van der Waals surface area contributed by atoms with Gasteiger partial charge in [-0.1, -0.05) is 6.92 Å². The minimum Gasteiger partial charge on any atom is -0.378 e. The zero-order valence-corrected chi connectivity index (χ0v) is 17.2. The Kier molecular flexibility index (Phi) is 5.64. The van der Waals surface area contributed by atoms with Gasteiger partial charge in [-0.15, -0.1) is 0 Å². The molecule has 3 aromatic rings. The number of thiophene rings is 1. The first-order chi connectivity index (χ1) is 13.7. The van der Waals surface area contributed by atoms with Gasteiger partial charge in [0.05, 0.1) is 24.2 Å². The normalized spacial score (nSPS) is 14.6. The maximum absolute atomic E-state index is 13.2. The number of rotatable bonds is 6. The molecule has 4 rings (SSSR count). The maximum Gasteiger partial charge on any atom is 0.254 e. The van der Waals surface area contributed by atoms with Crippen molar-refractivity contribution in [3.63, 3.8) is 0 Å². The van der Waals surface area contributed by atoms with Gasteiger partial charge in [0.1, 0.15) is 0 Å². The van der Waals surface area contributed by atoms with E-state index in [-0.39, 0.29) is 5.91 Å². The third-order valence-corrected chi connectivity index (χ3v) is 5.86. The summed E-state index contributed by atoms with van der Waals surface area (Å²) in [6, 6.07) is 7.94. The number of nitrogens with zero attached hydrogens (tertiary/aromatic N) is 4. The zero-order valence-electron chi connectivity index (χ0n) is 16.4. The van der Waals surface area contributed by atoms with Gasteiger partial charge in [-0.05, 0) is 47.0 Å². The number of benzene rings is 1. The number of hydrogen-bond acceptors (Lipinski definition) is 5. The van der Waals surface area contributed by atoms with Crippen LogP contribution in [0.2, 0.25) is 0 Å². The Bertz CT molecular complexity index is 945. The molecule has 0 spiro atoms. The van der Waals surface area contributed by atoms with E-state index in [2.05, 4.69) is 33.2 Å². The van der Waals surface area contributed by atoms with Crippen molar-refractivity contribution in [3.05, 3.63) is 46.2 Å². The number of imidazole rings is 1. The van der Waals surface area contributed by atoms with Crippen molar-refractivity contribution in [3.8, 4) is 0 Å². The van der Waals surface area contributed by atoms with Crippen LogP contribution in [-0.4, -0.2) is 53.2 Å². The van der Waals surface area contributed by atoms with Crippen LogP contribution in [0.4, 0.5) is 5.95 Å². The second kappa shape index (κ2) is 8.32. The second-order valence-electron chi connectivity index (χ2n) is 7.13. The van der Waals surface area contributed by atoms with Gasteiger partial charge in [0.15, 0.2) is 0 Å². The number of hydrogen-bond donors (Lipinski definition) is 0. The van der Waals surface area contributed by atoms with Gasteiger partial charge in [-0.25, -0.2) is 4.98 Å². The summed E-state index contributed by atoms with van der Waals surface area (Å²) in [6.07, 6.45) is 0.933. The van der Waals surface area contributed by atoms with E-state index in [1.807, 2.05) is 30.1 Å². The number of ether oxygens (including phenoxy) is 1. The summed E-state index contributed by atoms with van der Waals surface area (Å²) >= 11 is 1.66. The molecule has 148 valence electrons. The molecule has 0 atom stereocenters. The summed E-state index contributed by atoms with van der Waals surface area (Å²) in [5.74, 6) is 1.00. The summed E-state index contributed by atoms with van der Waals surface area (Å²) in [5, 5.41) is 4.16. The lowest BCUT2D eigenvalue weighted by molar-refractivity contribution is 0.0743. The first-order valence-corrected chi connectivity index (χ1v) is 10.7. The lowest BCUT2D eigenvalue weighted by Crippen LogP contribution is -2.37. The van der Waals surface area contributed by atoms with Crippen molar-refractivity contribution in [2.75, 3.05) is 37.7 Å². The van der Waals surface area contributed by atoms with E-state index in [0.717, 1.165) is 56.3 Å². The van der Waals surface area contributed by atoms with Crippen LogP contribution in [0.1, 0.15) is 29.3 Å². The van der Waals surface area contributed by atoms with Gasteiger partial charge < -0.3 is 19.1 Å². The van der Waals surface area contributed by atoms with Gasteiger partial charge in [0.25, 0.3) is 5.91 Å². The maximum atomic E-state index is 13.2. The van der Waals surface area contributed by atoms with Crippen LogP contribution >= 0.6 is 11.3 Å². The number of aryl methyl sites for hydroxylation is 1. The largest absolute Gasteiger partial charge is 0.378 e. The molecular weight excluding hydrogens is 372 g/mol. The highest BCUT2D eigenvalue weighted by Gasteiger charge is 2.20. The first-order valence-electron chi connectivity index (χ1n) is 9.77. The molecule has 0 bridgehead atoms. The fraction of sp³-hybridized carbons (Fsp3) is 0.429. The van der Waals surface area contributed by atoms with Crippen molar-refractivity contribution < 1.29 is 9.53 Å². The van der Waals surface area contributed by atoms with Crippen LogP contribution in [0.3, 0.4) is 0 Å². The second-order valence-corrected chi connectivity index (χ2v) is 7.91. The Morgan fingerprint density at radius 2 is 2.11 bits per heavy atom. The highest BCUT2D eigenvalue weighted by atomic mass is 32.1. The summed E-state index contributed by atoms with van der Waals surface area (Å²) < 4.78 is 7.55. The van der Waals surface area contributed by atoms with E-state index in [0.29, 0.717) is 12.1 Å². The van der Waals surface area contributed by atoms with Crippen LogP contribution in [0, 0.1) is 0 Å². The topological polar surface area (TPSA) is 50.6 Å². The van der Waals surface area contributed by atoms with Gasteiger partial charge in [0, 0.05) is 38.8 Å². The Labute approximate surface area is 169 Å². The zero-order chi connectivity index (χ0) is 19.5. The molecule has 1 saturated heterocycles. The van der Waals surface area contributed by atoms with Crippen molar-refractivity contribution in [2.45, 2.75) is 19.9 Å². The molecule has 6 nitrogen and oxygen atoms in total. The summed E-state index contributed by atoms with van der Waals surface area (Å²) in [7, 11) is 2.03. The smallest absolute Gasteiger partial charge is 0.254 e. The van der Waals surface area contributed by atoms with Gasteiger partial charge in [-0.3, -0.25) is 4.79 Å². The molecule has 1 fully saturated rings. The Hall–Kier alpha value is -2.38. The Morgan fingerprint density at radius 1 is 1.29 bits per heavy atom. The average Bonchev–Trinajstić information content (AvgIpc) is 3.35. The molecule has 0 saturated carbocycles. The van der Waals surface area contributed by atoms with Crippen molar-refractivity contribution in [2.24, 2.45) is 7.05 Å². The molecule has 0 unspecified atom stereocenters. The number of morpholine rings is 1. The quantitative estimate of drug-likeness (QED) is 0.637. The molecule has 0 aliphatic carbocycles. The third kappa shape index (κ3) is 3.77. The fourth-order valence-electron chi connectivity index (χ4n) is 3.67. The Balaban J connectivity index is 1.61. The van der Waals surface area contributed by atoms with Gasteiger partial charge in [0.2, 0.25) is 5.95 Å². The molecule has 1 aliphatic heterocycles. The molecule has 28 heavy (non-hydrogen) atoms. The molecule has 2 aromatic heterocycles. The minimum atomic E-state index is 0.0634. The van der Waals surface area contributed by atoms with Crippen LogP contribution in [0.25, 0.3) is 11.0 Å². The van der Waals surface area contributed by atoms with Crippen molar-refractivity contribution in [1.29, 1.82) is 0 Å². The van der Waals surface area contributed by atoms with E-state index in [4.69, 9.17) is 9.72 Å². The summed E-state index contributed by atoms with van der Waals surface area (Å²) in [6.45, 7) is 6.62. The van der Waals surface area contributed by atoms with Gasteiger partial charge in [-0.2, -0.15) is 11.3 Å². The summed E-state index contributed by atoms with van der Waals surface area (Å²) in [5.41, 5.74) is 3.78. The highest BCUT2D eigenvalue weighted by molar-refractivity contribution is 7.07. The van der Waals surface area contributed by atoms with E-state index in [1.165, 1.54) is 5.56 Å². The minimum absolute atomic E-state index is 0.0634. The molecule has 0 radical (unpaired) electrons. The lowest BCUT2D eigenvalue weighted by atomic mass is 10.1. The molecule has 7 heteroatoms. The standard InChI is InChI=1S/C21H26N4O2S/c1-3-7-25(14-16-6-12-28-15-16)20(26)17-4-5-19-18(13-17)22-21(23(19)2)24-8-10-27-11-9-24/h4-6,12-13,15H,3,7-11,14H2,1-2H3. The number of carbonyl (C=O) groups excluding carboxylic acids is 1. The highest BCUT2D eigenvalue weighted by Crippen LogP contribution is 2.24. The van der Waals surface area contributed by atoms with Crippen LogP contribution in [0.15, 0.2) is 35.0 Å². The number of aromatic nitrogens is 2. The van der Waals surface area contributed by atoms with Crippen molar-refractivity contribution >= 4 is 34.2 Å². The van der Waals surface area contributed by atoms with E-state index in [9.17, 15) is 4.79 Å². The van der Waals surface area contributed by atoms with E-state index in [1.54, 1.807) is 11.3 Å². The monoisotopic (exact) mass is 398 g/mol. The van der Waals surface area contributed by atoms with Crippen LogP contribution in [-0.2, 0) is 18.3 Å². The Morgan fingerprint density at radius 3 is 2.82 bits per heavy atom. The van der Waals surface area contributed by atoms with Crippen LogP contribution in [0.5, 0.6) is 0 Å². The number of anilines is 1. The number of amides is 1. The molecule has 3 heterocycles. The van der Waals surface area contributed by atoms with Crippen LogP contribution < -0.4 is 4.90 Å². The fourth-order valence-corrected chi connectivity index (χ4v) is 4.33.